The fourth-order valence-corrected chi connectivity index (χ4v) is 1.47. The van der Waals surface area contributed by atoms with Crippen LogP contribution in [0.15, 0.2) is 29.2 Å². The Morgan fingerprint density at radius 3 is 2.50 bits per heavy atom. The van der Waals surface area contributed by atoms with Crippen LogP contribution in [-0.2, 0) is 10.2 Å². The molecule has 1 aromatic rings. The molecule has 0 aliphatic rings. The smallest absolute Gasteiger partial charge is 0.332 e. The molecule has 78 valence electrons. The van der Waals surface area contributed by atoms with Crippen molar-refractivity contribution < 1.29 is 17.0 Å². The molecule has 1 rings (SSSR count). The highest BCUT2D eigenvalue weighted by Gasteiger charge is 2.12. The standard InChI is InChI=1S/C9H11FO3S/c1-7(2)13-8-4-3-5-9(6-8)14(10,11)12/h3-7H,1-2H3. The van der Waals surface area contributed by atoms with Crippen LogP contribution in [0.1, 0.15) is 13.8 Å². The van der Waals surface area contributed by atoms with Gasteiger partial charge in [-0.1, -0.05) is 6.07 Å². The van der Waals surface area contributed by atoms with Crippen molar-refractivity contribution in [3.05, 3.63) is 24.3 Å². The van der Waals surface area contributed by atoms with Gasteiger partial charge < -0.3 is 4.74 Å². The predicted octanol–water partition coefficient (Wildman–Crippen LogP) is 2.13. The average molecular weight is 218 g/mol. The first kappa shape index (κ1) is 11.0. The van der Waals surface area contributed by atoms with Crippen molar-refractivity contribution in [1.29, 1.82) is 0 Å². The molecule has 0 saturated carbocycles. The van der Waals surface area contributed by atoms with Crippen LogP contribution in [0, 0.1) is 0 Å². The minimum absolute atomic E-state index is 0.0763. The third-order valence-electron chi connectivity index (χ3n) is 1.46. The molecule has 0 heterocycles. The van der Waals surface area contributed by atoms with E-state index in [1.807, 2.05) is 0 Å². The summed E-state index contributed by atoms with van der Waals surface area (Å²) in [6.07, 6.45) is -0.0763. The number of rotatable bonds is 3. The molecule has 0 spiro atoms. The monoisotopic (exact) mass is 218 g/mol. The van der Waals surface area contributed by atoms with E-state index in [0.717, 1.165) is 6.07 Å². The summed E-state index contributed by atoms with van der Waals surface area (Å²) in [5.41, 5.74) is 0. The molecule has 0 unspecified atom stereocenters. The Morgan fingerprint density at radius 2 is 2.00 bits per heavy atom. The number of ether oxygens (including phenoxy) is 1. The number of hydrogen-bond donors (Lipinski definition) is 0. The minimum atomic E-state index is -4.64. The molecule has 0 aromatic heterocycles. The molecule has 3 nitrogen and oxygen atoms in total. The van der Waals surface area contributed by atoms with Crippen LogP contribution in [0.2, 0.25) is 0 Å². The lowest BCUT2D eigenvalue weighted by molar-refractivity contribution is 0.242. The van der Waals surface area contributed by atoms with Crippen molar-refractivity contribution >= 4 is 10.2 Å². The second-order valence-corrected chi connectivity index (χ2v) is 4.43. The highest BCUT2D eigenvalue weighted by atomic mass is 32.3. The van der Waals surface area contributed by atoms with Crippen LogP contribution in [-0.4, -0.2) is 14.5 Å². The van der Waals surface area contributed by atoms with Crippen LogP contribution < -0.4 is 4.74 Å². The van der Waals surface area contributed by atoms with E-state index in [9.17, 15) is 12.3 Å². The fourth-order valence-electron chi connectivity index (χ4n) is 0.971. The van der Waals surface area contributed by atoms with E-state index in [2.05, 4.69) is 0 Å². The van der Waals surface area contributed by atoms with Gasteiger partial charge in [-0.25, -0.2) is 0 Å². The average Bonchev–Trinajstić information content (AvgIpc) is 2.01. The number of hydrogen-bond acceptors (Lipinski definition) is 3. The highest BCUT2D eigenvalue weighted by Crippen LogP contribution is 2.19. The highest BCUT2D eigenvalue weighted by molar-refractivity contribution is 7.86. The Bertz CT molecular complexity index is 412. The quantitative estimate of drug-likeness (QED) is 0.730. The second kappa shape index (κ2) is 3.96. The molecule has 0 amide bonds. The van der Waals surface area contributed by atoms with Gasteiger partial charge >= 0.3 is 10.2 Å². The minimum Gasteiger partial charge on any atom is -0.491 e. The Labute approximate surface area is 82.7 Å². The van der Waals surface area contributed by atoms with Crippen molar-refractivity contribution in [1.82, 2.24) is 0 Å². The summed E-state index contributed by atoms with van der Waals surface area (Å²) in [6.45, 7) is 3.60. The molecule has 1 aromatic carbocycles. The molecular weight excluding hydrogens is 207 g/mol. The largest absolute Gasteiger partial charge is 0.491 e. The molecule has 0 N–H and O–H groups in total. The summed E-state index contributed by atoms with van der Waals surface area (Å²) in [5, 5.41) is 0. The third-order valence-corrected chi connectivity index (χ3v) is 2.28. The second-order valence-electron chi connectivity index (χ2n) is 3.08. The van der Waals surface area contributed by atoms with Gasteiger partial charge in [-0.05, 0) is 26.0 Å². The first-order valence-corrected chi connectivity index (χ1v) is 5.49. The van der Waals surface area contributed by atoms with E-state index < -0.39 is 10.2 Å². The van der Waals surface area contributed by atoms with Crippen LogP contribution in [0.25, 0.3) is 0 Å². The lowest BCUT2D eigenvalue weighted by atomic mass is 10.3. The maximum absolute atomic E-state index is 12.6. The van der Waals surface area contributed by atoms with E-state index in [1.54, 1.807) is 19.9 Å². The summed E-state index contributed by atoms with van der Waals surface area (Å²) in [5.74, 6) is 0.346. The predicted molar refractivity (Wildman–Crippen MR) is 50.5 cm³/mol. The summed E-state index contributed by atoms with van der Waals surface area (Å²) < 4.78 is 38.9. The molecule has 14 heavy (non-hydrogen) atoms. The van der Waals surface area contributed by atoms with Gasteiger partial charge in [0.15, 0.2) is 0 Å². The fraction of sp³-hybridized carbons (Fsp3) is 0.333. The van der Waals surface area contributed by atoms with Gasteiger partial charge in [-0.15, -0.1) is 3.89 Å². The Balaban J connectivity index is 3.02. The first-order chi connectivity index (χ1) is 6.39. The molecule has 5 heteroatoms. The molecular formula is C9H11FO3S. The van der Waals surface area contributed by atoms with E-state index in [-0.39, 0.29) is 11.0 Å². The molecule has 0 bridgehead atoms. The van der Waals surface area contributed by atoms with E-state index in [4.69, 9.17) is 4.74 Å². The molecule has 0 aliphatic carbocycles. The lowest BCUT2D eigenvalue weighted by Gasteiger charge is -2.09. The molecule has 0 saturated heterocycles. The summed E-state index contributed by atoms with van der Waals surface area (Å²) in [7, 11) is -4.64. The van der Waals surface area contributed by atoms with Crippen molar-refractivity contribution in [2.24, 2.45) is 0 Å². The van der Waals surface area contributed by atoms with Gasteiger partial charge in [0.1, 0.15) is 10.6 Å². The van der Waals surface area contributed by atoms with Gasteiger partial charge in [0.25, 0.3) is 0 Å². The maximum atomic E-state index is 12.6. The topological polar surface area (TPSA) is 43.4 Å². The molecule has 0 aliphatic heterocycles. The van der Waals surface area contributed by atoms with Gasteiger partial charge in [-0.3, -0.25) is 0 Å². The zero-order valence-electron chi connectivity index (χ0n) is 7.90. The summed E-state index contributed by atoms with van der Waals surface area (Å²) >= 11 is 0. The number of halogens is 1. The van der Waals surface area contributed by atoms with Gasteiger partial charge in [0.05, 0.1) is 6.10 Å². The van der Waals surface area contributed by atoms with Gasteiger partial charge in [-0.2, -0.15) is 8.42 Å². The van der Waals surface area contributed by atoms with Crippen LogP contribution >= 0.6 is 0 Å². The van der Waals surface area contributed by atoms with Crippen LogP contribution in [0.3, 0.4) is 0 Å². The zero-order valence-corrected chi connectivity index (χ0v) is 8.71. The number of benzene rings is 1. The Hall–Kier alpha value is -1.10. The van der Waals surface area contributed by atoms with Gasteiger partial charge in [0.2, 0.25) is 0 Å². The van der Waals surface area contributed by atoms with Crippen molar-refractivity contribution in [3.63, 3.8) is 0 Å². The Morgan fingerprint density at radius 1 is 1.36 bits per heavy atom. The normalized spacial score (nSPS) is 11.7. The summed E-state index contributed by atoms with van der Waals surface area (Å²) in [4.78, 5) is -0.379. The summed E-state index contributed by atoms with van der Waals surface area (Å²) in [6, 6.07) is 5.36. The zero-order chi connectivity index (χ0) is 10.8. The van der Waals surface area contributed by atoms with Crippen molar-refractivity contribution in [2.45, 2.75) is 24.8 Å². The third kappa shape index (κ3) is 2.99. The van der Waals surface area contributed by atoms with E-state index >= 15 is 0 Å². The lowest BCUT2D eigenvalue weighted by Crippen LogP contribution is -2.05. The van der Waals surface area contributed by atoms with E-state index in [0.29, 0.717) is 5.75 Å². The first-order valence-electron chi connectivity index (χ1n) is 4.11. The van der Waals surface area contributed by atoms with Crippen LogP contribution in [0.5, 0.6) is 5.75 Å². The Kier molecular flexibility index (Phi) is 3.10. The van der Waals surface area contributed by atoms with Crippen molar-refractivity contribution in [3.8, 4) is 5.75 Å². The van der Waals surface area contributed by atoms with E-state index in [1.165, 1.54) is 12.1 Å². The maximum Gasteiger partial charge on any atom is 0.332 e. The van der Waals surface area contributed by atoms with Gasteiger partial charge in [0, 0.05) is 6.07 Å². The molecule has 0 fully saturated rings. The van der Waals surface area contributed by atoms with Crippen molar-refractivity contribution in [2.75, 3.05) is 0 Å². The SMILES string of the molecule is CC(C)Oc1cccc(S(=O)(=O)F)c1. The molecule has 0 atom stereocenters. The molecule has 0 radical (unpaired) electrons. The van der Waals surface area contributed by atoms with Crippen LogP contribution in [0.4, 0.5) is 3.89 Å².